The molecule has 34 heavy (non-hydrogen) atoms. The number of aliphatic hydroxyl groups is 1. The molecule has 0 aromatic carbocycles. The summed E-state index contributed by atoms with van der Waals surface area (Å²) in [6.45, 7) is 6.45. The minimum atomic E-state index is -2.30. The summed E-state index contributed by atoms with van der Waals surface area (Å²) in [6.07, 6.45) is 0.160. The third kappa shape index (κ3) is 3.01. The van der Waals surface area contributed by atoms with Gasteiger partial charge in [-0.1, -0.05) is 26.8 Å². The Morgan fingerprint density at radius 1 is 1.26 bits per heavy atom. The molecule has 0 aliphatic heterocycles. The highest BCUT2D eigenvalue weighted by atomic mass is 32.2. The molecular weight excluding hydrogens is 469 g/mol. The van der Waals surface area contributed by atoms with Crippen LogP contribution in [0.2, 0.25) is 0 Å². The predicted octanol–water partition coefficient (Wildman–Crippen LogP) is 4.43. The Hall–Kier alpha value is -1.61. The van der Waals surface area contributed by atoms with E-state index >= 15 is 8.78 Å². The molecule has 3 fully saturated rings. The normalized spacial score (nSPS) is 47.4. The van der Waals surface area contributed by atoms with Crippen LogP contribution in [0.3, 0.4) is 0 Å². The second kappa shape index (κ2) is 8.22. The fraction of sp³-hybridized carbons (Fsp3) is 0.720. The first-order chi connectivity index (χ1) is 15.8. The number of hydrogen-bond acceptors (Lipinski definition) is 6. The Labute approximate surface area is 201 Å². The molecule has 0 aromatic rings. The molecule has 0 radical (unpaired) electrons. The Bertz CT molecular complexity index is 984. The minimum Gasteiger partial charge on any atom is -0.449 e. The fourth-order valence-corrected chi connectivity index (χ4v) is 8.42. The first-order valence-corrected chi connectivity index (χ1v) is 12.7. The number of thioether (sulfide) groups is 1. The molecule has 3 saturated carbocycles. The number of esters is 1. The highest BCUT2D eigenvalue weighted by Crippen LogP contribution is 2.72. The van der Waals surface area contributed by atoms with Crippen molar-refractivity contribution in [3.05, 3.63) is 23.8 Å². The minimum absolute atomic E-state index is 0.0141. The van der Waals surface area contributed by atoms with Crippen molar-refractivity contribution in [1.29, 1.82) is 0 Å². The SMILES string of the molecule is CCC(=O)O[C@]1(C(=O)SCF)[C@H](C)C[C@H]2[C@@H]3C[C@H](F)C4=CC(=O)C=C[C@]4(C)[C@]3(F)[C@@H](O)C[C@@]21C. The highest BCUT2D eigenvalue weighted by molar-refractivity contribution is 8.13. The Morgan fingerprint density at radius 3 is 2.56 bits per heavy atom. The average Bonchev–Trinajstić information content (AvgIpc) is 2.99. The number of allylic oxidation sites excluding steroid dienone is 4. The number of carbonyl (C=O) groups is 3. The Kier molecular flexibility index (Phi) is 6.16. The van der Waals surface area contributed by atoms with Crippen molar-refractivity contribution in [1.82, 2.24) is 0 Å². The number of halogens is 3. The molecule has 0 unspecified atom stereocenters. The van der Waals surface area contributed by atoms with Gasteiger partial charge in [0.2, 0.25) is 5.12 Å². The van der Waals surface area contributed by atoms with Crippen molar-refractivity contribution in [2.24, 2.45) is 28.6 Å². The summed E-state index contributed by atoms with van der Waals surface area (Å²) in [6, 6.07) is -1.02. The molecule has 0 heterocycles. The summed E-state index contributed by atoms with van der Waals surface area (Å²) < 4.78 is 51.8. The lowest BCUT2D eigenvalue weighted by Gasteiger charge is -2.63. The van der Waals surface area contributed by atoms with E-state index in [-0.39, 0.29) is 31.3 Å². The molecule has 4 aliphatic rings. The molecule has 9 heteroatoms. The molecular formula is C25H31F3O5S. The maximum atomic E-state index is 17.2. The predicted molar refractivity (Wildman–Crippen MR) is 121 cm³/mol. The molecule has 0 aromatic heterocycles. The van der Waals surface area contributed by atoms with Gasteiger partial charge < -0.3 is 9.84 Å². The lowest BCUT2D eigenvalue weighted by atomic mass is 9.44. The molecule has 0 spiro atoms. The first kappa shape index (κ1) is 25.5. The van der Waals surface area contributed by atoms with E-state index in [0.717, 1.165) is 6.08 Å². The number of fused-ring (bicyclic) bond motifs is 5. The monoisotopic (exact) mass is 500 g/mol. The van der Waals surface area contributed by atoms with Crippen molar-refractivity contribution >= 4 is 28.6 Å². The van der Waals surface area contributed by atoms with E-state index < -0.39 is 75.0 Å². The van der Waals surface area contributed by atoms with Gasteiger partial charge in [0.05, 0.1) is 6.10 Å². The van der Waals surface area contributed by atoms with Gasteiger partial charge in [0.25, 0.3) is 0 Å². The van der Waals surface area contributed by atoms with Gasteiger partial charge in [-0.05, 0) is 61.6 Å². The molecule has 4 rings (SSSR count). The van der Waals surface area contributed by atoms with E-state index in [2.05, 4.69) is 0 Å². The maximum Gasteiger partial charge on any atom is 0.306 e. The third-order valence-electron chi connectivity index (χ3n) is 9.22. The molecule has 9 atom stereocenters. The van der Waals surface area contributed by atoms with E-state index in [9.17, 15) is 23.9 Å². The van der Waals surface area contributed by atoms with Crippen molar-refractivity contribution in [3.63, 3.8) is 0 Å². The van der Waals surface area contributed by atoms with E-state index in [1.165, 1.54) is 19.1 Å². The van der Waals surface area contributed by atoms with Gasteiger partial charge >= 0.3 is 5.97 Å². The van der Waals surface area contributed by atoms with Gasteiger partial charge in [-0.15, -0.1) is 0 Å². The molecule has 0 amide bonds. The molecule has 5 nitrogen and oxygen atoms in total. The van der Waals surface area contributed by atoms with Crippen LogP contribution in [0.25, 0.3) is 0 Å². The molecule has 188 valence electrons. The summed E-state index contributed by atoms with van der Waals surface area (Å²) in [7, 11) is 0. The number of ketones is 1. The molecule has 1 N–H and O–H groups in total. The van der Waals surface area contributed by atoms with Crippen LogP contribution in [0.1, 0.15) is 53.4 Å². The second-order valence-corrected chi connectivity index (χ2v) is 11.5. The second-order valence-electron chi connectivity index (χ2n) is 10.6. The third-order valence-corrected chi connectivity index (χ3v) is 9.90. The zero-order valence-corrected chi connectivity index (χ0v) is 20.6. The van der Waals surface area contributed by atoms with Crippen molar-refractivity contribution < 1.29 is 37.4 Å². The van der Waals surface area contributed by atoms with E-state index in [0.29, 0.717) is 11.8 Å². The van der Waals surface area contributed by atoms with Gasteiger partial charge in [0.1, 0.15) is 12.2 Å². The summed E-state index contributed by atoms with van der Waals surface area (Å²) in [5.41, 5.74) is -6.84. The van der Waals surface area contributed by atoms with Gasteiger partial charge in [0, 0.05) is 29.1 Å². The first-order valence-electron chi connectivity index (χ1n) is 11.7. The van der Waals surface area contributed by atoms with E-state index in [1.54, 1.807) is 20.8 Å². The van der Waals surface area contributed by atoms with Crippen molar-refractivity contribution in [2.75, 3.05) is 6.01 Å². The van der Waals surface area contributed by atoms with Crippen LogP contribution in [-0.2, 0) is 19.1 Å². The quantitative estimate of drug-likeness (QED) is 0.576. The zero-order valence-electron chi connectivity index (χ0n) is 19.8. The van der Waals surface area contributed by atoms with Crippen LogP contribution in [0, 0.1) is 28.6 Å². The van der Waals surface area contributed by atoms with Crippen molar-refractivity contribution in [3.8, 4) is 0 Å². The van der Waals surface area contributed by atoms with Gasteiger partial charge in [-0.3, -0.25) is 14.4 Å². The fourth-order valence-electron chi connectivity index (χ4n) is 7.63. The summed E-state index contributed by atoms with van der Waals surface area (Å²) in [5, 5.41) is 10.7. The molecule has 4 aliphatic carbocycles. The average molecular weight is 501 g/mol. The van der Waals surface area contributed by atoms with Crippen molar-refractivity contribution in [2.45, 2.75) is 76.9 Å². The summed E-state index contributed by atoms with van der Waals surface area (Å²) in [4.78, 5) is 37.8. The van der Waals surface area contributed by atoms with Crippen LogP contribution in [-0.4, -0.2) is 51.5 Å². The van der Waals surface area contributed by atoms with Crippen LogP contribution < -0.4 is 0 Å². The molecule has 0 bridgehead atoms. The zero-order chi connectivity index (χ0) is 25.3. The van der Waals surface area contributed by atoms with Crippen LogP contribution >= 0.6 is 11.8 Å². The van der Waals surface area contributed by atoms with Gasteiger partial charge in [0.15, 0.2) is 17.1 Å². The van der Waals surface area contributed by atoms with Crippen LogP contribution in [0.5, 0.6) is 0 Å². The lowest BCUT2D eigenvalue weighted by Crippen LogP contribution is -2.70. The summed E-state index contributed by atoms with van der Waals surface area (Å²) >= 11 is 0.396. The number of hydrogen-bond donors (Lipinski definition) is 1. The van der Waals surface area contributed by atoms with Crippen LogP contribution in [0.15, 0.2) is 23.8 Å². The number of ether oxygens (including phenoxy) is 1. The smallest absolute Gasteiger partial charge is 0.306 e. The van der Waals surface area contributed by atoms with Crippen LogP contribution in [0.4, 0.5) is 13.2 Å². The number of carbonyl (C=O) groups excluding carboxylic acids is 3. The standard InChI is InChI=1S/C25H31F3O5S/c1-5-20(31)33-25(21(32)34-12-26)13(2)8-15-16-10-18(27)17-9-14(29)6-7-22(17,3)24(16,28)19(30)11-23(15,25)4/h6-7,9,13,15-16,18-19,30H,5,8,10-12H2,1-4H3/t13-,15+,16+,18+,19+,22+,23+,24-,25+/m1/s1. The number of alkyl halides is 3. The topological polar surface area (TPSA) is 80.7 Å². The van der Waals surface area contributed by atoms with Gasteiger partial charge in [-0.25, -0.2) is 13.2 Å². The number of rotatable bonds is 4. The van der Waals surface area contributed by atoms with E-state index in [4.69, 9.17) is 4.74 Å². The number of aliphatic hydroxyl groups excluding tert-OH is 1. The Morgan fingerprint density at radius 2 is 1.94 bits per heavy atom. The largest absolute Gasteiger partial charge is 0.449 e. The summed E-state index contributed by atoms with van der Waals surface area (Å²) in [5.74, 6) is -3.30. The van der Waals surface area contributed by atoms with E-state index in [1.807, 2.05) is 0 Å². The highest BCUT2D eigenvalue weighted by Gasteiger charge is 2.78. The van der Waals surface area contributed by atoms with Gasteiger partial charge in [-0.2, -0.15) is 0 Å². The lowest BCUT2D eigenvalue weighted by molar-refractivity contribution is -0.228. The Balaban J connectivity index is 1.87. The maximum absolute atomic E-state index is 17.2. The molecule has 0 saturated heterocycles.